The zero-order valence-electron chi connectivity index (χ0n) is 10.4. The molecule has 0 aromatic heterocycles. The molecule has 2 atom stereocenters. The lowest BCUT2D eigenvalue weighted by Gasteiger charge is -2.28. The predicted octanol–water partition coefficient (Wildman–Crippen LogP) is 2.79. The second-order valence-electron chi connectivity index (χ2n) is 4.89. The lowest BCUT2D eigenvalue weighted by Crippen LogP contribution is -2.45. The predicted molar refractivity (Wildman–Crippen MR) is 74.6 cm³/mol. The quantitative estimate of drug-likeness (QED) is 0.882. The van der Waals surface area contributed by atoms with Gasteiger partial charge in [0.1, 0.15) is 0 Å². The molecule has 1 aromatic carbocycles. The lowest BCUT2D eigenvalue weighted by atomic mass is 9.92. The van der Waals surface area contributed by atoms with Gasteiger partial charge in [-0.05, 0) is 37.5 Å². The van der Waals surface area contributed by atoms with Gasteiger partial charge in [0.2, 0.25) is 0 Å². The summed E-state index contributed by atoms with van der Waals surface area (Å²) in [4.78, 5) is 12.2. The molecule has 18 heavy (non-hydrogen) atoms. The van der Waals surface area contributed by atoms with Crippen LogP contribution in [0.4, 0.5) is 0 Å². The van der Waals surface area contributed by atoms with Crippen LogP contribution in [0.15, 0.2) is 22.7 Å². The Morgan fingerprint density at radius 3 is 2.83 bits per heavy atom. The highest BCUT2D eigenvalue weighted by Gasteiger charge is 2.25. The average Bonchev–Trinajstić information content (AvgIpc) is 2.35. The van der Waals surface area contributed by atoms with Gasteiger partial charge in [-0.25, -0.2) is 0 Å². The molecule has 0 saturated heterocycles. The Morgan fingerprint density at radius 2 is 2.11 bits per heavy atom. The van der Waals surface area contributed by atoms with Crippen LogP contribution in [0.5, 0.6) is 0 Å². The van der Waals surface area contributed by atoms with E-state index in [1.165, 1.54) is 0 Å². The van der Waals surface area contributed by atoms with Crippen LogP contribution in [0.1, 0.15) is 41.6 Å². The van der Waals surface area contributed by atoms with Crippen molar-refractivity contribution in [3.8, 4) is 0 Å². The molecule has 3 nitrogen and oxygen atoms in total. The van der Waals surface area contributed by atoms with E-state index in [1.54, 1.807) is 0 Å². The summed E-state index contributed by atoms with van der Waals surface area (Å²) in [7, 11) is 0. The van der Waals surface area contributed by atoms with Crippen molar-refractivity contribution in [2.24, 2.45) is 0 Å². The number of carbonyl (C=O) groups is 1. The molecule has 0 heterocycles. The Balaban J connectivity index is 2.09. The molecular formula is C14H18BrNO2. The van der Waals surface area contributed by atoms with Crippen LogP contribution in [0.3, 0.4) is 0 Å². The summed E-state index contributed by atoms with van der Waals surface area (Å²) in [6.45, 7) is 1.92. The van der Waals surface area contributed by atoms with Crippen LogP contribution < -0.4 is 5.32 Å². The first-order chi connectivity index (χ1) is 8.58. The molecule has 1 aliphatic carbocycles. The monoisotopic (exact) mass is 311 g/mol. The third-order valence-corrected chi connectivity index (χ3v) is 3.98. The molecule has 1 amide bonds. The molecule has 0 bridgehead atoms. The van der Waals surface area contributed by atoms with E-state index < -0.39 is 6.10 Å². The third-order valence-electron chi connectivity index (χ3n) is 3.49. The van der Waals surface area contributed by atoms with E-state index in [-0.39, 0.29) is 11.9 Å². The Bertz CT molecular complexity index is 447. The van der Waals surface area contributed by atoms with Crippen molar-refractivity contribution in [3.05, 3.63) is 33.8 Å². The minimum atomic E-state index is -0.407. The van der Waals surface area contributed by atoms with Crippen molar-refractivity contribution in [1.82, 2.24) is 5.32 Å². The first-order valence-corrected chi connectivity index (χ1v) is 7.12. The summed E-state index contributed by atoms with van der Waals surface area (Å²) in [5.41, 5.74) is 1.61. The number of hydrogen-bond acceptors (Lipinski definition) is 2. The Kier molecular flexibility index (Phi) is 4.40. The SMILES string of the molecule is Cc1ccc(Br)cc1C(=O)N[C@@H]1CCCC[C@H]1O. The van der Waals surface area contributed by atoms with Gasteiger partial charge in [-0.3, -0.25) is 4.79 Å². The number of carbonyl (C=O) groups excluding carboxylic acids is 1. The third kappa shape index (κ3) is 3.12. The standard InChI is InChI=1S/C14H18BrNO2/c1-9-6-7-10(15)8-11(9)14(18)16-12-4-2-3-5-13(12)17/h6-8,12-13,17H,2-5H2,1H3,(H,16,18)/t12-,13-/m1/s1. The van der Waals surface area contributed by atoms with Gasteiger partial charge in [-0.15, -0.1) is 0 Å². The fourth-order valence-electron chi connectivity index (χ4n) is 2.36. The molecule has 0 spiro atoms. The Labute approximate surface area is 116 Å². The van der Waals surface area contributed by atoms with E-state index in [0.717, 1.165) is 35.7 Å². The largest absolute Gasteiger partial charge is 0.391 e. The molecule has 0 aliphatic heterocycles. The van der Waals surface area contributed by atoms with Crippen LogP contribution in [-0.4, -0.2) is 23.2 Å². The zero-order valence-corrected chi connectivity index (χ0v) is 12.0. The first kappa shape index (κ1) is 13.6. The minimum absolute atomic E-state index is 0.0975. The molecule has 2 rings (SSSR count). The van der Waals surface area contributed by atoms with Gasteiger partial charge in [-0.2, -0.15) is 0 Å². The van der Waals surface area contributed by atoms with Crippen molar-refractivity contribution in [1.29, 1.82) is 0 Å². The van der Waals surface area contributed by atoms with Crippen LogP contribution in [0.25, 0.3) is 0 Å². The highest BCUT2D eigenvalue weighted by atomic mass is 79.9. The molecule has 0 unspecified atom stereocenters. The second kappa shape index (κ2) is 5.85. The van der Waals surface area contributed by atoms with Crippen LogP contribution in [0.2, 0.25) is 0 Å². The number of hydrogen-bond donors (Lipinski definition) is 2. The molecule has 1 aromatic rings. The topological polar surface area (TPSA) is 49.3 Å². The van der Waals surface area contributed by atoms with Crippen LogP contribution >= 0.6 is 15.9 Å². The number of benzene rings is 1. The number of amides is 1. The van der Waals surface area contributed by atoms with Gasteiger partial charge in [0.15, 0.2) is 0 Å². The summed E-state index contributed by atoms with van der Waals surface area (Å²) >= 11 is 3.37. The number of rotatable bonds is 2. The van der Waals surface area contributed by atoms with Crippen molar-refractivity contribution in [2.75, 3.05) is 0 Å². The average molecular weight is 312 g/mol. The summed E-state index contributed by atoms with van der Waals surface area (Å²) in [6, 6.07) is 5.54. The van der Waals surface area contributed by atoms with Crippen molar-refractivity contribution in [2.45, 2.75) is 44.8 Å². The van der Waals surface area contributed by atoms with Gasteiger partial charge in [0, 0.05) is 10.0 Å². The molecule has 0 radical (unpaired) electrons. The maximum atomic E-state index is 12.2. The molecule has 1 aliphatic rings. The Morgan fingerprint density at radius 1 is 1.39 bits per heavy atom. The smallest absolute Gasteiger partial charge is 0.251 e. The first-order valence-electron chi connectivity index (χ1n) is 6.33. The number of halogens is 1. The normalized spacial score (nSPS) is 23.7. The molecule has 1 fully saturated rings. The maximum Gasteiger partial charge on any atom is 0.251 e. The fourth-order valence-corrected chi connectivity index (χ4v) is 2.73. The van der Waals surface area contributed by atoms with Crippen LogP contribution in [0, 0.1) is 6.92 Å². The molecule has 2 N–H and O–H groups in total. The number of aliphatic hydroxyl groups excluding tert-OH is 1. The van der Waals surface area contributed by atoms with Crippen LogP contribution in [-0.2, 0) is 0 Å². The van der Waals surface area contributed by atoms with Gasteiger partial charge in [-0.1, -0.05) is 34.8 Å². The summed E-state index contributed by atoms with van der Waals surface area (Å²) < 4.78 is 0.891. The van der Waals surface area contributed by atoms with Gasteiger partial charge >= 0.3 is 0 Å². The number of aryl methyl sites for hydroxylation is 1. The second-order valence-corrected chi connectivity index (χ2v) is 5.81. The van der Waals surface area contributed by atoms with Crippen molar-refractivity contribution in [3.63, 3.8) is 0 Å². The van der Waals surface area contributed by atoms with Crippen molar-refractivity contribution < 1.29 is 9.90 Å². The molecular weight excluding hydrogens is 294 g/mol. The van der Waals surface area contributed by atoms with E-state index in [9.17, 15) is 9.90 Å². The van der Waals surface area contributed by atoms with E-state index in [2.05, 4.69) is 21.2 Å². The summed E-state index contributed by atoms with van der Waals surface area (Å²) in [5.74, 6) is -0.0975. The van der Waals surface area contributed by atoms with E-state index in [0.29, 0.717) is 5.56 Å². The summed E-state index contributed by atoms with van der Waals surface area (Å²) in [5, 5.41) is 12.8. The highest BCUT2D eigenvalue weighted by molar-refractivity contribution is 9.10. The van der Waals surface area contributed by atoms with E-state index in [4.69, 9.17) is 0 Å². The van der Waals surface area contributed by atoms with Gasteiger partial charge in [0.05, 0.1) is 12.1 Å². The molecule has 98 valence electrons. The van der Waals surface area contributed by atoms with Gasteiger partial charge < -0.3 is 10.4 Å². The minimum Gasteiger partial charge on any atom is -0.391 e. The van der Waals surface area contributed by atoms with Gasteiger partial charge in [0.25, 0.3) is 5.91 Å². The Hall–Kier alpha value is -0.870. The fraction of sp³-hybridized carbons (Fsp3) is 0.500. The van der Waals surface area contributed by atoms with Crippen molar-refractivity contribution >= 4 is 21.8 Å². The summed E-state index contributed by atoms with van der Waals surface area (Å²) in [6.07, 6.45) is 3.35. The molecule has 1 saturated carbocycles. The lowest BCUT2D eigenvalue weighted by molar-refractivity contribution is 0.0717. The number of aliphatic hydroxyl groups is 1. The number of nitrogens with one attached hydrogen (secondary N) is 1. The highest BCUT2D eigenvalue weighted by Crippen LogP contribution is 2.20. The van der Waals surface area contributed by atoms with E-state index in [1.807, 2.05) is 25.1 Å². The molecule has 4 heteroatoms. The zero-order chi connectivity index (χ0) is 13.1. The van der Waals surface area contributed by atoms with E-state index >= 15 is 0 Å². The maximum absolute atomic E-state index is 12.2.